The molecule has 1 atom stereocenters. The second-order valence-corrected chi connectivity index (χ2v) is 5.42. The Labute approximate surface area is 128 Å². The molecule has 1 aromatic carbocycles. The normalized spacial score (nSPS) is 12.9. The lowest BCUT2D eigenvalue weighted by Gasteiger charge is -2.17. The second kappa shape index (κ2) is 5.92. The van der Waals surface area contributed by atoms with Crippen LogP contribution >= 0.6 is 11.6 Å². The average molecular weight is 304 g/mol. The zero-order valence-corrected chi connectivity index (χ0v) is 12.9. The number of aromatic nitrogens is 2. The molecule has 0 fully saturated rings. The van der Waals surface area contributed by atoms with E-state index in [1.807, 2.05) is 29.9 Å². The maximum atomic E-state index is 6.37. The molecule has 0 radical (unpaired) electrons. The highest BCUT2D eigenvalue weighted by Gasteiger charge is 2.23. The van der Waals surface area contributed by atoms with Crippen molar-refractivity contribution in [2.24, 2.45) is 0 Å². The number of hydrogen-bond acceptors (Lipinski definition) is 3. The Morgan fingerprint density at radius 1 is 1.38 bits per heavy atom. The molecule has 0 aliphatic rings. The van der Waals surface area contributed by atoms with E-state index >= 15 is 0 Å². The van der Waals surface area contributed by atoms with Crippen LogP contribution in [0.15, 0.2) is 41.1 Å². The highest BCUT2D eigenvalue weighted by Crippen LogP contribution is 2.33. The minimum absolute atomic E-state index is 0.0461. The second-order valence-electron chi connectivity index (χ2n) is 5.01. The summed E-state index contributed by atoms with van der Waals surface area (Å²) in [6.07, 6.45) is 4.51. The highest BCUT2D eigenvalue weighted by molar-refractivity contribution is 6.31. The van der Waals surface area contributed by atoms with Crippen LogP contribution < -0.4 is 5.32 Å². The molecule has 4 nitrogen and oxygen atoms in total. The number of fused-ring (bicyclic) bond motifs is 1. The number of para-hydroxylation sites is 1. The molecule has 5 heteroatoms. The molecule has 2 heterocycles. The summed E-state index contributed by atoms with van der Waals surface area (Å²) in [7, 11) is 1.92. The van der Waals surface area contributed by atoms with Crippen LogP contribution in [0.5, 0.6) is 0 Å². The molecular formula is C16H18ClN3O. The molecule has 110 valence electrons. The van der Waals surface area contributed by atoms with Gasteiger partial charge in [-0.05, 0) is 19.5 Å². The van der Waals surface area contributed by atoms with E-state index in [4.69, 9.17) is 16.0 Å². The van der Waals surface area contributed by atoms with Gasteiger partial charge in [-0.25, -0.2) is 0 Å². The fourth-order valence-corrected chi connectivity index (χ4v) is 2.96. The number of nitrogens with zero attached hydrogens (tertiary/aromatic N) is 2. The van der Waals surface area contributed by atoms with Crippen LogP contribution in [-0.2, 0) is 6.54 Å². The zero-order valence-electron chi connectivity index (χ0n) is 12.1. The summed E-state index contributed by atoms with van der Waals surface area (Å²) in [5.74, 6) is 0. The van der Waals surface area contributed by atoms with Crippen LogP contribution in [0.4, 0.5) is 0 Å². The first-order valence-electron chi connectivity index (χ1n) is 7.10. The molecule has 0 amide bonds. The predicted octanol–water partition coefficient (Wildman–Crippen LogP) is 4.00. The van der Waals surface area contributed by atoms with Crippen molar-refractivity contribution >= 4 is 22.6 Å². The van der Waals surface area contributed by atoms with Crippen molar-refractivity contribution in [3.05, 3.63) is 53.0 Å². The van der Waals surface area contributed by atoms with E-state index in [1.54, 1.807) is 12.5 Å². The van der Waals surface area contributed by atoms with Gasteiger partial charge in [0.25, 0.3) is 0 Å². The lowest BCUT2D eigenvalue weighted by atomic mass is 10.0. The van der Waals surface area contributed by atoms with Gasteiger partial charge in [-0.3, -0.25) is 4.68 Å². The molecule has 2 aromatic heterocycles. The Kier molecular flexibility index (Phi) is 3.99. The summed E-state index contributed by atoms with van der Waals surface area (Å²) in [5.41, 5.74) is 2.94. The number of hydrogen-bond donors (Lipinski definition) is 1. The summed E-state index contributed by atoms with van der Waals surface area (Å²) in [4.78, 5) is 0. The number of halogens is 1. The Bertz CT molecular complexity index is 747. The Morgan fingerprint density at radius 3 is 2.95 bits per heavy atom. The van der Waals surface area contributed by atoms with Gasteiger partial charge in [0.2, 0.25) is 0 Å². The van der Waals surface area contributed by atoms with Gasteiger partial charge in [0, 0.05) is 17.5 Å². The number of benzene rings is 1. The Morgan fingerprint density at radius 2 is 2.19 bits per heavy atom. The van der Waals surface area contributed by atoms with Gasteiger partial charge in [-0.2, -0.15) is 5.10 Å². The smallest absolute Gasteiger partial charge is 0.134 e. The first-order chi connectivity index (χ1) is 10.3. The molecule has 0 spiro atoms. The minimum Gasteiger partial charge on any atom is -0.464 e. The van der Waals surface area contributed by atoms with Gasteiger partial charge in [-0.15, -0.1) is 0 Å². The van der Waals surface area contributed by atoms with Crippen LogP contribution in [-0.4, -0.2) is 16.8 Å². The third-order valence-corrected chi connectivity index (χ3v) is 3.94. The summed E-state index contributed by atoms with van der Waals surface area (Å²) in [6.45, 7) is 2.97. The van der Waals surface area contributed by atoms with Crippen molar-refractivity contribution in [3.63, 3.8) is 0 Å². The summed E-state index contributed by atoms with van der Waals surface area (Å²) >= 11 is 6.37. The monoisotopic (exact) mass is 303 g/mol. The maximum Gasteiger partial charge on any atom is 0.134 e. The molecule has 3 aromatic rings. The molecule has 0 aliphatic heterocycles. The third-order valence-electron chi connectivity index (χ3n) is 3.65. The van der Waals surface area contributed by atoms with Crippen molar-refractivity contribution in [2.75, 3.05) is 7.05 Å². The predicted molar refractivity (Wildman–Crippen MR) is 84.6 cm³/mol. The van der Waals surface area contributed by atoms with Crippen molar-refractivity contribution in [1.29, 1.82) is 0 Å². The van der Waals surface area contributed by atoms with Gasteiger partial charge in [0.1, 0.15) is 5.58 Å². The molecular weight excluding hydrogens is 286 g/mol. The zero-order chi connectivity index (χ0) is 14.8. The van der Waals surface area contributed by atoms with Gasteiger partial charge in [0.15, 0.2) is 0 Å². The highest BCUT2D eigenvalue weighted by atomic mass is 35.5. The largest absolute Gasteiger partial charge is 0.464 e. The number of aryl methyl sites for hydroxylation is 1. The maximum absolute atomic E-state index is 6.37. The number of nitrogens with one attached hydrogen (secondary N) is 1. The van der Waals surface area contributed by atoms with Crippen molar-refractivity contribution in [1.82, 2.24) is 15.1 Å². The van der Waals surface area contributed by atoms with Crippen LogP contribution in [0.3, 0.4) is 0 Å². The van der Waals surface area contributed by atoms with Gasteiger partial charge in [0.05, 0.1) is 29.2 Å². The molecule has 21 heavy (non-hydrogen) atoms. The molecule has 3 rings (SSSR count). The van der Waals surface area contributed by atoms with E-state index in [2.05, 4.69) is 23.4 Å². The Balaban J connectivity index is 2.12. The molecule has 0 saturated carbocycles. The standard InChI is InChI=1S/C16H18ClN3O/c1-3-8-20-16(13(17)9-19-20)15(18-2)12-10-21-14-7-5-4-6-11(12)14/h4-7,9-10,15,18H,3,8H2,1-2H3. The number of rotatable bonds is 5. The molecule has 1 unspecified atom stereocenters. The van der Waals surface area contributed by atoms with Crippen molar-refractivity contribution < 1.29 is 4.42 Å². The molecule has 1 N–H and O–H groups in total. The quantitative estimate of drug-likeness (QED) is 0.774. The first-order valence-corrected chi connectivity index (χ1v) is 7.48. The van der Waals surface area contributed by atoms with E-state index in [0.717, 1.165) is 35.2 Å². The first kappa shape index (κ1) is 14.2. The molecule has 0 saturated heterocycles. The number of furan rings is 1. The summed E-state index contributed by atoms with van der Waals surface area (Å²) in [6, 6.07) is 7.97. The van der Waals surface area contributed by atoms with Gasteiger partial charge < -0.3 is 9.73 Å². The van der Waals surface area contributed by atoms with Crippen LogP contribution in [0.1, 0.15) is 30.6 Å². The van der Waals surface area contributed by atoms with Gasteiger partial charge >= 0.3 is 0 Å². The van der Waals surface area contributed by atoms with E-state index in [1.165, 1.54) is 0 Å². The van der Waals surface area contributed by atoms with Crippen molar-refractivity contribution in [2.45, 2.75) is 25.9 Å². The topological polar surface area (TPSA) is 43.0 Å². The minimum atomic E-state index is -0.0461. The molecule has 0 bridgehead atoms. The average Bonchev–Trinajstić information content (AvgIpc) is 3.07. The Hall–Kier alpha value is -1.78. The van der Waals surface area contributed by atoms with Crippen LogP contribution in [0.25, 0.3) is 11.0 Å². The van der Waals surface area contributed by atoms with Crippen LogP contribution in [0.2, 0.25) is 5.02 Å². The van der Waals surface area contributed by atoms with E-state index < -0.39 is 0 Å². The SMILES string of the molecule is CCCn1ncc(Cl)c1C(NC)c1coc2ccccc12. The summed E-state index contributed by atoms with van der Waals surface area (Å²) in [5, 5.41) is 9.48. The lowest BCUT2D eigenvalue weighted by molar-refractivity contribution is 0.529. The van der Waals surface area contributed by atoms with Gasteiger partial charge in [-0.1, -0.05) is 36.7 Å². The summed E-state index contributed by atoms with van der Waals surface area (Å²) < 4.78 is 7.62. The fourth-order valence-electron chi connectivity index (χ4n) is 2.71. The lowest BCUT2D eigenvalue weighted by Crippen LogP contribution is -2.21. The van der Waals surface area contributed by atoms with E-state index in [0.29, 0.717) is 5.02 Å². The van der Waals surface area contributed by atoms with Crippen LogP contribution in [0, 0.1) is 0 Å². The molecule has 0 aliphatic carbocycles. The van der Waals surface area contributed by atoms with E-state index in [-0.39, 0.29) is 6.04 Å². The fraction of sp³-hybridized carbons (Fsp3) is 0.312. The third kappa shape index (κ3) is 2.45. The van der Waals surface area contributed by atoms with E-state index in [9.17, 15) is 0 Å². The van der Waals surface area contributed by atoms with Crippen molar-refractivity contribution in [3.8, 4) is 0 Å².